The minimum Gasteiger partial charge on any atom is -0.337 e. The van der Waals surface area contributed by atoms with E-state index < -0.39 is 5.51 Å². The fourth-order valence-corrected chi connectivity index (χ4v) is 3.78. The molecular weight excluding hydrogens is 377 g/mol. The Balaban J connectivity index is 0.00000225. The summed E-state index contributed by atoms with van der Waals surface area (Å²) in [5.41, 5.74) is -4.43. The molecule has 140 valence electrons. The number of piperazine rings is 1. The first-order valence-corrected chi connectivity index (χ1v) is 8.70. The Bertz CT molecular complexity index is 598. The fraction of sp³-hybridized carbons (Fsp3) is 0.600. The van der Waals surface area contributed by atoms with Crippen molar-refractivity contribution in [2.75, 3.05) is 39.3 Å². The van der Waals surface area contributed by atoms with Gasteiger partial charge in [-0.3, -0.25) is 9.69 Å². The number of nitrogens with one attached hydrogen (secondary N) is 1. The Morgan fingerprint density at radius 3 is 2.68 bits per heavy atom. The topological polar surface area (TPSA) is 48.5 Å². The van der Waals surface area contributed by atoms with Crippen molar-refractivity contribution in [2.24, 2.45) is 0 Å². The maximum absolute atomic E-state index is 12.7. The zero-order valence-electron chi connectivity index (χ0n) is 13.5. The summed E-state index contributed by atoms with van der Waals surface area (Å²) in [7, 11) is 0. The van der Waals surface area contributed by atoms with Crippen molar-refractivity contribution in [1.29, 1.82) is 0 Å². The summed E-state index contributed by atoms with van der Waals surface area (Å²) in [5, 5.41) is 3.01. The van der Waals surface area contributed by atoms with Crippen LogP contribution in [-0.4, -0.2) is 71.5 Å². The third kappa shape index (κ3) is 5.22. The third-order valence-electron chi connectivity index (χ3n) is 4.33. The zero-order valence-corrected chi connectivity index (χ0v) is 15.1. The number of halogens is 4. The lowest BCUT2D eigenvalue weighted by atomic mass is 10.2. The number of rotatable bonds is 3. The Morgan fingerprint density at radius 1 is 1.28 bits per heavy atom. The van der Waals surface area contributed by atoms with Crippen LogP contribution < -0.4 is 5.32 Å². The van der Waals surface area contributed by atoms with E-state index in [1.165, 1.54) is 18.3 Å². The predicted molar refractivity (Wildman–Crippen MR) is 92.1 cm³/mol. The summed E-state index contributed by atoms with van der Waals surface area (Å²) < 4.78 is 38.0. The smallest absolute Gasteiger partial charge is 0.337 e. The van der Waals surface area contributed by atoms with E-state index in [1.807, 2.05) is 0 Å². The van der Waals surface area contributed by atoms with Crippen molar-refractivity contribution < 1.29 is 18.0 Å². The van der Waals surface area contributed by atoms with Crippen LogP contribution in [-0.2, 0) is 0 Å². The number of carbonyl (C=O) groups is 1. The van der Waals surface area contributed by atoms with Gasteiger partial charge in [-0.2, -0.15) is 13.2 Å². The molecule has 1 aromatic heterocycles. The number of likely N-dealkylation sites (tertiary alicyclic amines) is 1. The lowest BCUT2D eigenvalue weighted by Crippen LogP contribution is -2.49. The molecule has 2 aliphatic rings. The summed E-state index contributed by atoms with van der Waals surface area (Å²) >= 11 is -0.334. The van der Waals surface area contributed by atoms with Crippen LogP contribution in [0.3, 0.4) is 0 Å². The van der Waals surface area contributed by atoms with Crippen LogP contribution in [0.5, 0.6) is 0 Å². The molecule has 1 atom stereocenters. The molecule has 0 radical (unpaired) electrons. The Labute approximate surface area is 154 Å². The van der Waals surface area contributed by atoms with E-state index in [2.05, 4.69) is 15.2 Å². The van der Waals surface area contributed by atoms with E-state index in [1.54, 1.807) is 4.90 Å². The molecule has 0 spiro atoms. The van der Waals surface area contributed by atoms with E-state index in [0.717, 1.165) is 32.6 Å². The second-order valence-corrected chi connectivity index (χ2v) is 6.94. The van der Waals surface area contributed by atoms with Gasteiger partial charge in [-0.25, -0.2) is 4.98 Å². The van der Waals surface area contributed by atoms with Crippen LogP contribution in [0.2, 0.25) is 0 Å². The van der Waals surface area contributed by atoms with E-state index in [0.29, 0.717) is 13.1 Å². The molecule has 1 N–H and O–H groups in total. The molecule has 3 heterocycles. The quantitative estimate of drug-likeness (QED) is 0.794. The molecule has 10 heteroatoms. The van der Waals surface area contributed by atoms with Gasteiger partial charge in [-0.15, -0.1) is 12.4 Å². The van der Waals surface area contributed by atoms with E-state index >= 15 is 0 Å². The molecule has 1 amide bonds. The molecule has 1 unspecified atom stereocenters. The number of carbonyl (C=O) groups excluding carboxylic acids is 1. The van der Waals surface area contributed by atoms with Crippen molar-refractivity contribution in [3.63, 3.8) is 0 Å². The van der Waals surface area contributed by atoms with Crippen LogP contribution in [0.15, 0.2) is 23.4 Å². The van der Waals surface area contributed by atoms with Crippen molar-refractivity contribution in [1.82, 2.24) is 20.1 Å². The SMILES string of the molecule is Cl.O=C(c1cccnc1SC(F)(F)F)N1CCC(N2CCNCC2)C1. The van der Waals surface area contributed by atoms with Gasteiger partial charge in [0.25, 0.3) is 5.91 Å². The summed E-state index contributed by atoms with van der Waals surface area (Å²) in [6.45, 7) is 4.87. The van der Waals surface area contributed by atoms with Gasteiger partial charge in [0, 0.05) is 63.3 Å². The minimum absolute atomic E-state index is 0. The molecule has 5 nitrogen and oxygen atoms in total. The van der Waals surface area contributed by atoms with E-state index in [4.69, 9.17) is 0 Å². The summed E-state index contributed by atoms with van der Waals surface area (Å²) in [6, 6.07) is 3.20. The monoisotopic (exact) mass is 396 g/mol. The van der Waals surface area contributed by atoms with Gasteiger partial charge < -0.3 is 10.2 Å². The van der Waals surface area contributed by atoms with Crippen molar-refractivity contribution in [2.45, 2.75) is 23.0 Å². The summed E-state index contributed by atoms with van der Waals surface area (Å²) in [4.78, 5) is 20.4. The second kappa shape index (κ2) is 8.57. The second-order valence-electron chi connectivity index (χ2n) is 5.88. The van der Waals surface area contributed by atoms with Crippen LogP contribution >= 0.6 is 24.2 Å². The fourth-order valence-electron chi connectivity index (χ4n) is 3.19. The summed E-state index contributed by atoms with van der Waals surface area (Å²) in [5.74, 6) is -0.368. The predicted octanol–water partition coefficient (Wildman–Crippen LogP) is 2.24. The number of aromatic nitrogens is 1. The van der Waals surface area contributed by atoms with Gasteiger partial charge in [0.05, 0.1) is 5.56 Å². The first-order valence-electron chi connectivity index (χ1n) is 7.89. The standard InChI is InChI=1S/C15H19F3N4OS.ClH/c16-15(17,18)24-13-12(2-1-4-20-13)14(23)22-7-3-11(10-22)21-8-5-19-6-9-21;/h1-2,4,11,19H,3,5-10H2;1H. The Hall–Kier alpha value is -1.03. The largest absolute Gasteiger partial charge is 0.447 e. The highest BCUT2D eigenvalue weighted by atomic mass is 35.5. The van der Waals surface area contributed by atoms with Crippen molar-refractivity contribution >= 4 is 30.1 Å². The van der Waals surface area contributed by atoms with Crippen LogP contribution in [0.25, 0.3) is 0 Å². The van der Waals surface area contributed by atoms with Gasteiger partial charge in [0.2, 0.25) is 0 Å². The molecule has 2 saturated heterocycles. The van der Waals surface area contributed by atoms with Gasteiger partial charge in [-0.1, -0.05) is 0 Å². The molecule has 0 aromatic carbocycles. The molecule has 3 rings (SSSR count). The van der Waals surface area contributed by atoms with Crippen LogP contribution in [0.1, 0.15) is 16.8 Å². The van der Waals surface area contributed by atoms with Gasteiger partial charge in [0.15, 0.2) is 0 Å². The number of amides is 1. The normalized spacial score (nSPS) is 21.9. The van der Waals surface area contributed by atoms with Gasteiger partial charge in [0.1, 0.15) is 5.03 Å². The molecule has 2 fully saturated rings. The number of alkyl halides is 3. The lowest BCUT2D eigenvalue weighted by Gasteiger charge is -2.32. The molecule has 1 aromatic rings. The van der Waals surface area contributed by atoms with Crippen molar-refractivity contribution in [3.8, 4) is 0 Å². The molecule has 0 bridgehead atoms. The van der Waals surface area contributed by atoms with E-state index in [-0.39, 0.29) is 46.7 Å². The van der Waals surface area contributed by atoms with Gasteiger partial charge >= 0.3 is 5.51 Å². The first kappa shape index (κ1) is 20.3. The number of thioether (sulfide) groups is 1. The van der Waals surface area contributed by atoms with Crippen LogP contribution in [0, 0.1) is 0 Å². The molecule has 0 saturated carbocycles. The number of nitrogens with zero attached hydrogens (tertiary/aromatic N) is 3. The number of hydrogen-bond donors (Lipinski definition) is 1. The lowest BCUT2D eigenvalue weighted by molar-refractivity contribution is -0.0329. The first-order chi connectivity index (χ1) is 11.4. The number of pyridine rings is 1. The maximum atomic E-state index is 12.7. The Kier molecular flexibility index (Phi) is 6.95. The Morgan fingerprint density at radius 2 is 2.00 bits per heavy atom. The summed E-state index contributed by atoms with van der Waals surface area (Å²) in [6.07, 6.45) is 2.13. The van der Waals surface area contributed by atoms with E-state index in [9.17, 15) is 18.0 Å². The highest BCUT2D eigenvalue weighted by Crippen LogP contribution is 2.37. The highest BCUT2D eigenvalue weighted by molar-refractivity contribution is 8.00. The molecular formula is C15H20ClF3N4OS. The average molecular weight is 397 g/mol. The minimum atomic E-state index is -4.46. The zero-order chi connectivity index (χ0) is 17.2. The highest BCUT2D eigenvalue weighted by Gasteiger charge is 2.35. The number of hydrogen-bond acceptors (Lipinski definition) is 5. The van der Waals surface area contributed by atoms with Crippen molar-refractivity contribution in [3.05, 3.63) is 23.9 Å². The van der Waals surface area contributed by atoms with Crippen LogP contribution in [0.4, 0.5) is 13.2 Å². The molecule has 0 aliphatic carbocycles. The third-order valence-corrected chi connectivity index (χ3v) is 5.08. The average Bonchev–Trinajstić information content (AvgIpc) is 3.04. The van der Waals surface area contributed by atoms with Gasteiger partial charge in [-0.05, 0) is 18.6 Å². The molecule has 25 heavy (non-hydrogen) atoms. The maximum Gasteiger partial charge on any atom is 0.447 e. The molecule has 2 aliphatic heterocycles.